The number of ketones is 1. The molecule has 0 fully saturated rings. The van der Waals surface area contributed by atoms with E-state index in [0.29, 0.717) is 15.6 Å². The summed E-state index contributed by atoms with van der Waals surface area (Å²) in [6.07, 6.45) is 1.08. The van der Waals surface area contributed by atoms with Crippen LogP contribution in [0, 0.1) is 0 Å². The molecular weight excluding hydrogens is 302 g/mol. The first-order valence-electron chi connectivity index (χ1n) is 8.34. The molecule has 0 aliphatic rings. The summed E-state index contributed by atoms with van der Waals surface area (Å²) in [5.41, 5.74) is 1.21. The van der Waals surface area contributed by atoms with Crippen LogP contribution in [0.3, 0.4) is 0 Å². The van der Waals surface area contributed by atoms with E-state index in [4.69, 9.17) is 0 Å². The normalized spacial score (nSPS) is 13.9. The highest BCUT2D eigenvalue weighted by Gasteiger charge is 2.26. The molecule has 0 aromatic carbocycles. The number of amides is 1. The molecule has 0 aromatic heterocycles. The van der Waals surface area contributed by atoms with E-state index in [0.717, 1.165) is 10.9 Å². The summed E-state index contributed by atoms with van der Waals surface area (Å²) in [5.74, 6) is 0.0948. The molecule has 0 rings (SSSR count). The van der Waals surface area contributed by atoms with Crippen molar-refractivity contribution in [2.24, 2.45) is 0 Å². The summed E-state index contributed by atoms with van der Waals surface area (Å²) in [4.78, 5) is 22.7. The monoisotopic (exact) mass is 341 g/mol. The Morgan fingerprint density at radius 2 is 1.33 bits per heavy atom. The van der Waals surface area contributed by atoms with E-state index < -0.39 is 0 Å². The van der Waals surface area contributed by atoms with Gasteiger partial charge in [0.1, 0.15) is 6.04 Å². The van der Waals surface area contributed by atoms with Crippen LogP contribution >= 0.6 is 0 Å². The Kier molecular flexibility index (Phi) is 10.1. The lowest BCUT2D eigenvalue weighted by Gasteiger charge is -2.33. The van der Waals surface area contributed by atoms with Gasteiger partial charge < -0.3 is 14.3 Å². The van der Waals surface area contributed by atoms with Crippen LogP contribution in [0.2, 0.25) is 0 Å². The van der Waals surface area contributed by atoms with E-state index in [1.807, 2.05) is 28.1 Å². The molecule has 0 bridgehead atoms. The first-order chi connectivity index (χ1) is 10.6. The number of hydrogen-bond acceptors (Lipinski definition) is 2. The number of rotatable bonds is 7. The second-order valence-corrected chi connectivity index (χ2v) is 8.23. The molecule has 1 N–H and O–H groups in total. The van der Waals surface area contributed by atoms with Crippen molar-refractivity contribution in [2.45, 2.75) is 46.3 Å². The summed E-state index contributed by atoms with van der Waals surface area (Å²) in [6, 6.07) is 0.00694. The summed E-state index contributed by atoms with van der Waals surface area (Å²) < 4.78 is 1.39. The Morgan fingerprint density at radius 3 is 1.50 bits per heavy atom. The first kappa shape index (κ1) is 24.8. The largest absolute Gasteiger partial charge is 0.322 e. The fourth-order valence-corrected chi connectivity index (χ4v) is 1.83. The van der Waals surface area contributed by atoms with E-state index in [2.05, 4.69) is 46.5 Å². The lowest BCUT2D eigenvalue weighted by molar-refractivity contribution is -0.898. The van der Waals surface area contributed by atoms with Gasteiger partial charge in [0.2, 0.25) is 5.78 Å². The van der Waals surface area contributed by atoms with Crippen LogP contribution in [0.15, 0.2) is 24.3 Å². The van der Waals surface area contributed by atoms with Crippen LogP contribution < -0.4 is 5.32 Å². The molecule has 140 valence electrons. The molecule has 0 spiro atoms. The number of nitrogens with one attached hydrogen (secondary N) is 1. The fraction of sp³-hybridized carbons (Fsp3) is 0.684. The van der Waals surface area contributed by atoms with Gasteiger partial charge in [-0.3, -0.25) is 9.59 Å². The zero-order valence-corrected chi connectivity index (χ0v) is 17.5. The van der Waals surface area contributed by atoms with Crippen LogP contribution in [-0.4, -0.2) is 75.2 Å². The number of nitrogens with zero attached hydrogens (tertiary/aromatic N) is 2. The second kappa shape index (κ2) is 9.74. The van der Waals surface area contributed by atoms with Crippen molar-refractivity contribution >= 4 is 11.7 Å². The lowest BCUT2D eigenvalue weighted by Crippen LogP contribution is -2.54. The average Bonchev–Trinajstić information content (AvgIpc) is 2.40. The van der Waals surface area contributed by atoms with Gasteiger partial charge in [0.25, 0.3) is 5.91 Å². The van der Waals surface area contributed by atoms with Crippen LogP contribution in [0.1, 0.15) is 34.1 Å². The van der Waals surface area contributed by atoms with Gasteiger partial charge in [0.15, 0.2) is 6.17 Å². The van der Waals surface area contributed by atoms with Crippen LogP contribution in [0.4, 0.5) is 0 Å². The standard InChI is InChI=1S/C10H20N2O.C9H18NO/c1-7-9(12(4,5)6)11-10(13)8(2)3;1-7(2)9(11)8(3)10(4,5)6/h9H,2,7H2,1,3-6H3;8H,1H2,2-6H3/q;+1/p+1. The molecule has 5 nitrogen and oxygen atoms in total. The van der Waals surface area contributed by atoms with Gasteiger partial charge in [-0.15, -0.1) is 0 Å². The molecule has 0 saturated carbocycles. The zero-order valence-electron chi connectivity index (χ0n) is 17.5. The molecule has 5 heteroatoms. The Bertz CT molecular complexity index is 468. The molecule has 24 heavy (non-hydrogen) atoms. The molecular formula is C19H39N3O2+2. The van der Waals surface area contributed by atoms with Gasteiger partial charge in [-0.05, 0) is 26.3 Å². The van der Waals surface area contributed by atoms with Crippen molar-refractivity contribution in [1.29, 1.82) is 0 Å². The van der Waals surface area contributed by atoms with Crippen molar-refractivity contribution in [3.05, 3.63) is 24.3 Å². The molecule has 2 atom stereocenters. The van der Waals surface area contributed by atoms with Crippen molar-refractivity contribution in [2.75, 3.05) is 42.3 Å². The zero-order chi connectivity index (χ0) is 19.9. The minimum atomic E-state index is -0.0556. The van der Waals surface area contributed by atoms with E-state index in [-0.39, 0.29) is 23.9 Å². The molecule has 0 aliphatic carbocycles. The van der Waals surface area contributed by atoms with Crippen LogP contribution in [0.5, 0.6) is 0 Å². The van der Waals surface area contributed by atoms with E-state index >= 15 is 0 Å². The maximum Gasteiger partial charge on any atom is 0.250 e. The fourth-order valence-electron chi connectivity index (χ4n) is 1.83. The molecule has 0 heterocycles. The van der Waals surface area contributed by atoms with Gasteiger partial charge in [-0.25, -0.2) is 0 Å². The molecule has 0 saturated heterocycles. The highest BCUT2D eigenvalue weighted by atomic mass is 16.2. The van der Waals surface area contributed by atoms with Crippen molar-refractivity contribution in [1.82, 2.24) is 5.32 Å². The molecule has 0 aromatic rings. The van der Waals surface area contributed by atoms with Gasteiger partial charge in [-0.2, -0.15) is 0 Å². The van der Waals surface area contributed by atoms with E-state index in [9.17, 15) is 9.59 Å². The van der Waals surface area contributed by atoms with Gasteiger partial charge >= 0.3 is 0 Å². The predicted molar refractivity (Wildman–Crippen MR) is 102 cm³/mol. The number of quaternary nitrogens is 2. The van der Waals surface area contributed by atoms with Crippen LogP contribution in [-0.2, 0) is 9.59 Å². The number of likely N-dealkylation sites (N-methyl/N-ethyl adjacent to an activating group) is 1. The Balaban J connectivity index is 0. The van der Waals surface area contributed by atoms with E-state index in [1.165, 1.54) is 0 Å². The number of hydrogen-bond donors (Lipinski definition) is 1. The minimum absolute atomic E-state index is 0.00694. The number of carbonyl (C=O) groups is 2. The maximum atomic E-state index is 11.4. The SMILES string of the molecule is C=C(C)C(=O)C(C)[N+](C)(C)C.C=C(C)C(=O)NC(CC)[N+](C)(C)C. The van der Waals surface area contributed by atoms with Gasteiger partial charge in [0.05, 0.1) is 42.3 Å². The van der Waals surface area contributed by atoms with Crippen molar-refractivity contribution in [3.8, 4) is 0 Å². The second-order valence-electron chi connectivity index (χ2n) is 8.23. The third kappa shape index (κ3) is 9.63. The molecule has 1 amide bonds. The number of Topliss-reactive ketones (excluding diaryl/α,β-unsaturated/α-hetero) is 1. The Morgan fingerprint density at radius 1 is 0.917 bits per heavy atom. The van der Waals surface area contributed by atoms with Crippen molar-refractivity contribution < 1.29 is 18.6 Å². The lowest BCUT2D eigenvalue weighted by atomic mass is 10.1. The highest BCUT2D eigenvalue weighted by molar-refractivity contribution is 5.97. The smallest absolute Gasteiger partial charge is 0.250 e. The van der Waals surface area contributed by atoms with Crippen LogP contribution in [0.25, 0.3) is 0 Å². The number of carbonyl (C=O) groups excluding carboxylic acids is 2. The topological polar surface area (TPSA) is 46.2 Å². The summed E-state index contributed by atoms with van der Waals surface area (Å²) in [5, 5.41) is 2.94. The predicted octanol–water partition coefficient (Wildman–Crippen LogP) is 2.35. The molecule has 2 unspecified atom stereocenters. The average molecular weight is 342 g/mol. The molecule has 0 aliphatic heterocycles. The Labute approximate surface area is 149 Å². The highest BCUT2D eigenvalue weighted by Crippen LogP contribution is 2.07. The summed E-state index contributed by atoms with van der Waals surface area (Å²) in [6.45, 7) is 14.7. The Hall–Kier alpha value is -1.46. The summed E-state index contributed by atoms with van der Waals surface area (Å²) >= 11 is 0. The quantitative estimate of drug-likeness (QED) is 0.439. The van der Waals surface area contributed by atoms with E-state index in [1.54, 1.807) is 13.8 Å². The van der Waals surface area contributed by atoms with Gasteiger partial charge in [-0.1, -0.05) is 20.1 Å². The molecule has 0 radical (unpaired) electrons. The minimum Gasteiger partial charge on any atom is -0.322 e. The maximum absolute atomic E-state index is 11.4. The third-order valence-electron chi connectivity index (χ3n) is 3.97. The van der Waals surface area contributed by atoms with Crippen molar-refractivity contribution in [3.63, 3.8) is 0 Å². The summed E-state index contributed by atoms with van der Waals surface area (Å²) in [7, 11) is 12.2. The third-order valence-corrected chi connectivity index (χ3v) is 3.97. The van der Waals surface area contributed by atoms with Gasteiger partial charge in [0, 0.05) is 12.0 Å². The first-order valence-corrected chi connectivity index (χ1v) is 8.34.